The average molecular weight is 390 g/mol. The number of hydrogen-bond acceptors (Lipinski definition) is 2. The van der Waals surface area contributed by atoms with E-state index < -0.39 is 0 Å². The number of aliphatic hydroxyl groups is 2. The molecule has 0 saturated heterocycles. The molecular weight excluding hydrogens is 361 g/mol. The summed E-state index contributed by atoms with van der Waals surface area (Å²) >= 11 is -0.148. The van der Waals surface area contributed by atoms with Crippen LogP contribution in [0.15, 0.2) is 44.2 Å². The molecule has 0 saturated carbocycles. The Morgan fingerprint density at radius 3 is 2.14 bits per heavy atom. The first kappa shape index (κ1) is 17.9. The van der Waals surface area contributed by atoms with Gasteiger partial charge in [0.2, 0.25) is 0 Å². The molecule has 1 unspecified atom stereocenters. The van der Waals surface area contributed by atoms with Crippen LogP contribution in [0.25, 0.3) is 0 Å². The molecular formula is C19H28O2Ru. The molecule has 2 rings (SSSR count). The molecule has 2 aliphatic carbocycles. The zero-order chi connectivity index (χ0) is 16.7. The molecule has 0 aromatic carbocycles. The fourth-order valence-corrected chi connectivity index (χ4v) is 6.63. The van der Waals surface area contributed by atoms with Gasteiger partial charge in [0.15, 0.2) is 0 Å². The molecule has 0 aliphatic heterocycles. The van der Waals surface area contributed by atoms with Gasteiger partial charge in [0, 0.05) is 0 Å². The van der Waals surface area contributed by atoms with Crippen LogP contribution in [0.4, 0.5) is 0 Å². The van der Waals surface area contributed by atoms with Crippen molar-refractivity contribution < 1.29 is 27.3 Å². The van der Waals surface area contributed by atoms with Crippen LogP contribution in [0, 0.1) is 5.41 Å². The zero-order valence-corrected chi connectivity index (χ0v) is 16.3. The van der Waals surface area contributed by atoms with Gasteiger partial charge in [-0.3, -0.25) is 0 Å². The van der Waals surface area contributed by atoms with Gasteiger partial charge in [0.25, 0.3) is 0 Å². The summed E-state index contributed by atoms with van der Waals surface area (Å²) in [5, 5.41) is 19.4. The maximum absolute atomic E-state index is 10.2. The van der Waals surface area contributed by atoms with Crippen LogP contribution >= 0.6 is 0 Å². The number of aliphatic hydroxyl groups excluding tert-OH is 2. The van der Waals surface area contributed by atoms with Crippen molar-refractivity contribution in [2.24, 2.45) is 5.41 Å². The molecule has 0 aromatic rings. The van der Waals surface area contributed by atoms with Gasteiger partial charge < -0.3 is 0 Å². The van der Waals surface area contributed by atoms with E-state index in [1.165, 1.54) is 32.0 Å². The third-order valence-electron chi connectivity index (χ3n) is 5.25. The van der Waals surface area contributed by atoms with E-state index in [1.807, 2.05) is 0 Å². The van der Waals surface area contributed by atoms with Crippen LogP contribution in [-0.2, 0) is 17.1 Å². The number of hydrogen-bond donors (Lipinski definition) is 2. The van der Waals surface area contributed by atoms with Crippen molar-refractivity contribution in [1.82, 2.24) is 0 Å². The minimum atomic E-state index is -0.212. The second kappa shape index (κ2) is 6.19. The van der Waals surface area contributed by atoms with Gasteiger partial charge in [-0.2, -0.15) is 0 Å². The normalized spacial score (nSPS) is 27.8. The molecule has 2 aliphatic rings. The Bertz CT molecular complexity index is 605. The van der Waals surface area contributed by atoms with E-state index in [2.05, 4.69) is 53.7 Å². The van der Waals surface area contributed by atoms with Crippen LogP contribution in [0.2, 0.25) is 4.01 Å². The second-order valence-electron chi connectivity index (χ2n) is 6.91. The summed E-state index contributed by atoms with van der Waals surface area (Å²) < 4.78 is 1.31. The van der Waals surface area contributed by atoms with E-state index in [0.29, 0.717) is 6.42 Å². The zero-order valence-electron chi connectivity index (χ0n) is 14.5. The topological polar surface area (TPSA) is 40.5 Å². The Hall–Kier alpha value is -0.497. The first-order valence-electron chi connectivity index (χ1n) is 7.85. The van der Waals surface area contributed by atoms with E-state index in [0.717, 1.165) is 0 Å². The predicted octanol–water partition coefficient (Wildman–Crippen LogP) is 4.14. The van der Waals surface area contributed by atoms with Gasteiger partial charge in [-0.15, -0.1) is 0 Å². The van der Waals surface area contributed by atoms with E-state index >= 15 is 0 Å². The molecule has 0 radical (unpaired) electrons. The van der Waals surface area contributed by atoms with Crippen molar-refractivity contribution in [3.63, 3.8) is 0 Å². The molecule has 2 N–H and O–H groups in total. The van der Waals surface area contributed by atoms with Gasteiger partial charge in [-0.25, -0.2) is 0 Å². The van der Waals surface area contributed by atoms with Gasteiger partial charge >= 0.3 is 142 Å². The van der Waals surface area contributed by atoms with Crippen LogP contribution in [0.3, 0.4) is 0 Å². The first-order chi connectivity index (χ1) is 10.2. The van der Waals surface area contributed by atoms with E-state index in [1.54, 1.807) is 0 Å². The quantitative estimate of drug-likeness (QED) is 0.694. The van der Waals surface area contributed by atoms with Gasteiger partial charge in [-0.05, 0) is 0 Å². The molecule has 0 amide bonds. The Morgan fingerprint density at radius 1 is 1.05 bits per heavy atom. The Labute approximate surface area is 142 Å². The van der Waals surface area contributed by atoms with Crippen LogP contribution < -0.4 is 0 Å². The SMILES string of the molecule is CC1=CC(CCO)=C[C]1(CO)[Ru][C]1=C(C)C(C)=C(C)C1(C)C. The Morgan fingerprint density at radius 2 is 1.68 bits per heavy atom. The summed E-state index contributed by atoms with van der Waals surface area (Å²) in [6.45, 7) is 13.8. The molecule has 124 valence electrons. The minimum absolute atomic E-state index is 0.0997. The Balaban J connectivity index is 2.40. The average Bonchev–Trinajstić information content (AvgIpc) is 2.84. The molecule has 0 fully saturated rings. The summed E-state index contributed by atoms with van der Waals surface area (Å²) in [7, 11) is 0. The standard InChI is InChI=1S/C10H15.C9H13O2.Ru/c1-7-6-10(4,5)9(3)8(7)2;1-7-4-8(2-3-10)5-9(7)6-11;/h1-5H3;4-5,10-11H,2-3,6H2,1H3;. The van der Waals surface area contributed by atoms with Crippen molar-refractivity contribution in [1.29, 1.82) is 0 Å². The van der Waals surface area contributed by atoms with Crippen molar-refractivity contribution in [3.8, 4) is 0 Å². The summed E-state index contributed by atoms with van der Waals surface area (Å²) in [6.07, 6.45) is 5.06. The van der Waals surface area contributed by atoms with E-state index in [4.69, 9.17) is 0 Å². The van der Waals surface area contributed by atoms with Gasteiger partial charge in [0.05, 0.1) is 0 Å². The van der Waals surface area contributed by atoms with Crippen LogP contribution in [0.5, 0.6) is 0 Å². The van der Waals surface area contributed by atoms with Crippen LogP contribution in [-0.4, -0.2) is 23.4 Å². The van der Waals surface area contributed by atoms with Crippen molar-refractivity contribution in [2.45, 2.75) is 52.0 Å². The van der Waals surface area contributed by atoms with Gasteiger partial charge in [0.1, 0.15) is 0 Å². The fraction of sp³-hybridized carbons (Fsp3) is 0.579. The first-order valence-corrected chi connectivity index (χ1v) is 9.59. The van der Waals surface area contributed by atoms with E-state index in [9.17, 15) is 10.2 Å². The molecule has 22 heavy (non-hydrogen) atoms. The molecule has 1 atom stereocenters. The van der Waals surface area contributed by atoms with Gasteiger partial charge in [-0.1, -0.05) is 0 Å². The third-order valence-corrected chi connectivity index (χ3v) is 9.41. The van der Waals surface area contributed by atoms with Crippen molar-refractivity contribution in [3.05, 3.63) is 44.2 Å². The number of allylic oxidation sites excluding steroid dienone is 5. The van der Waals surface area contributed by atoms with Crippen molar-refractivity contribution in [2.75, 3.05) is 13.2 Å². The van der Waals surface area contributed by atoms with Crippen molar-refractivity contribution >= 4 is 0 Å². The second-order valence-corrected chi connectivity index (χ2v) is 9.76. The molecule has 2 nitrogen and oxygen atoms in total. The van der Waals surface area contributed by atoms with Crippen LogP contribution in [0.1, 0.15) is 48.0 Å². The molecule has 0 spiro atoms. The summed E-state index contributed by atoms with van der Waals surface area (Å²) in [6, 6.07) is 0. The maximum atomic E-state index is 10.2. The molecule has 0 heterocycles. The molecule has 0 bridgehead atoms. The summed E-state index contributed by atoms with van der Waals surface area (Å²) in [5.74, 6) is 0. The third kappa shape index (κ3) is 2.72. The Kier molecular flexibility index (Phi) is 5.02. The predicted molar refractivity (Wildman–Crippen MR) is 88.2 cm³/mol. The molecule has 3 heteroatoms. The number of rotatable bonds is 5. The summed E-state index contributed by atoms with van der Waals surface area (Å²) in [4.78, 5) is 0. The van der Waals surface area contributed by atoms with E-state index in [-0.39, 0.29) is 39.8 Å². The fourth-order valence-electron chi connectivity index (χ4n) is 3.28. The monoisotopic (exact) mass is 390 g/mol. The summed E-state index contributed by atoms with van der Waals surface area (Å²) in [5.41, 5.74) is 6.81. The molecule has 0 aromatic heterocycles.